The first kappa shape index (κ1) is 15.3. The maximum atomic E-state index is 11.8. The molecule has 0 radical (unpaired) electrons. The van der Waals surface area contributed by atoms with Gasteiger partial charge in [0.05, 0.1) is 6.54 Å². The predicted octanol–water partition coefficient (Wildman–Crippen LogP) is 0.00410. The molecule has 0 spiro atoms. The fourth-order valence-corrected chi connectivity index (χ4v) is 2.38. The number of nitrogens with two attached hydrogens (primary N) is 1. The zero-order valence-electron chi connectivity index (χ0n) is 11.1. The molecule has 1 fully saturated rings. The third-order valence-electron chi connectivity index (χ3n) is 3.46. The third kappa shape index (κ3) is 5.15. The number of amides is 3. The Bertz CT molecular complexity index is 359. The smallest absolute Gasteiger partial charge is 0.317 e. The minimum Gasteiger partial charge on any atom is -0.481 e. The van der Waals surface area contributed by atoms with E-state index in [0.29, 0.717) is 13.1 Å². The Morgan fingerprint density at radius 2 is 2.16 bits per heavy atom. The van der Waals surface area contributed by atoms with Crippen LogP contribution in [-0.2, 0) is 9.59 Å². The maximum Gasteiger partial charge on any atom is 0.317 e. The number of primary amides is 1. The van der Waals surface area contributed by atoms with Crippen LogP contribution in [0.2, 0.25) is 0 Å². The highest BCUT2D eigenvalue weighted by Gasteiger charge is 2.28. The molecule has 2 atom stereocenters. The minimum absolute atomic E-state index is 0.0317. The first-order valence-electron chi connectivity index (χ1n) is 6.43. The van der Waals surface area contributed by atoms with Crippen LogP contribution in [0.25, 0.3) is 0 Å². The number of carbonyl (C=O) groups is 3. The number of nitrogens with zero attached hydrogens (tertiary/aromatic N) is 1. The average molecular weight is 271 g/mol. The van der Waals surface area contributed by atoms with Crippen molar-refractivity contribution in [3.05, 3.63) is 0 Å². The molecule has 7 nitrogen and oxygen atoms in total. The van der Waals surface area contributed by atoms with Crippen LogP contribution in [-0.4, -0.2) is 47.5 Å². The monoisotopic (exact) mass is 271 g/mol. The summed E-state index contributed by atoms with van der Waals surface area (Å²) in [5.41, 5.74) is 4.96. The average Bonchev–Trinajstić information content (AvgIpc) is 2.35. The van der Waals surface area contributed by atoms with E-state index in [0.717, 1.165) is 12.8 Å². The van der Waals surface area contributed by atoms with Crippen LogP contribution in [0.3, 0.4) is 0 Å². The van der Waals surface area contributed by atoms with E-state index >= 15 is 0 Å². The first-order chi connectivity index (χ1) is 8.90. The molecule has 1 rings (SSSR count). The molecule has 0 aliphatic carbocycles. The van der Waals surface area contributed by atoms with Crippen molar-refractivity contribution in [1.82, 2.24) is 10.2 Å². The Kier molecular flexibility index (Phi) is 5.59. The summed E-state index contributed by atoms with van der Waals surface area (Å²) in [6.45, 7) is 2.87. The van der Waals surface area contributed by atoms with Crippen molar-refractivity contribution in [3.63, 3.8) is 0 Å². The van der Waals surface area contributed by atoms with Gasteiger partial charge in [0.2, 0.25) is 5.91 Å². The lowest BCUT2D eigenvalue weighted by Crippen LogP contribution is -2.48. The van der Waals surface area contributed by atoms with Gasteiger partial charge in [-0.15, -0.1) is 0 Å². The lowest BCUT2D eigenvalue weighted by Gasteiger charge is -2.35. The van der Waals surface area contributed by atoms with Crippen LogP contribution in [0.1, 0.15) is 26.2 Å². The van der Waals surface area contributed by atoms with Gasteiger partial charge in [0, 0.05) is 19.5 Å². The van der Waals surface area contributed by atoms with Crippen LogP contribution in [0.5, 0.6) is 0 Å². The number of rotatable bonds is 5. The molecule has 7 heteroatoms. The molecule has 0 aromatic carbocycles. The number of hydrogen-bond donors (Lipinski definition) is 3. The molecule has 2 unspecified atom stereocenters. The molecular weight excluding hydrogens is 250 g/mol. The van der Waals surface area contributed by atoms with Gasteiger partial charge >= 0.3 is 12.0 Å². The lowest BCUT2D eigenvalue weighted by atomic mass is 9.85. The number of carbonyl (C=O) groups excluding carboxylic acids is 2. The highest BCUT2D eigenvalue weighted by Crippen LogP contribution is 2.26. The van der Waals surface area contributed by atoms with Gasteiger partial charge in [-0.3, -0.25) is 9.59 Å². The van der Waals surface area contributed by atoms with E-state index in [2.05, 4.69) is 5.32 Å². The molecule has 0 aromatic heterocycles. The zero-order valence-corrected chi connectivity index (χ0v) is 11.1. The number of urea groups is 1. The molecule has 0 aromatic rings. The minimum atomic E-state index is -0.817. The molecule has 1 saturated heterocycles. The number of piperidine rings is 1. The Labute approximate surface area is 112 Å². The van der Waals surface area contributed by atoms with E-state index in [1.807, 2.05) is 6.92 Å². The summed E-state index contributed by atoms with van der Waals surface area (Å²) < 4.78 is 0. The Morgan fingerprint density at radius 3 is 2.74 bits per heavy atom. The quantitative estimate of drug-likeness (QED) is 0.653. The number of hydrogen-bond acceptors (Lipinski definition) is 3. The van der Waals surface area contributed by atoms with E-state index in [4.69, 9.17) is 10.8 Å². The van der Waals surface area contributed by atoms with E-state index < -0.39 is 11.9 Å². The van der Waals surface area contributed by atoms with Crippen LogP contribution < -0.4 is 11.1 Å². The van der Waals surface area contributed by atoms with Crippen molar-refractivity contribution in [3.8, 4) is 0 Å². The van der Waals surface area contributed by atoms with Crippen LogP contribution in [0.4, 0.5) is 4.79 Å². The molecule has 1 heterocycles. The van der Waals surface area contributed by atoms with Crippen molar-refractivity contribution in [2.75, 3.05) is 19.6 Å². The summed E-state index contributed by atoms with van der Waals surface area (Å²) in [7, 11) is 0. The second-order valence-corrected chi connectivity index (χ2v) is 5.05. The lowest BCUT2D eigenvalue weighted by molar-refractivity contribution is -0.138. The fraction of sp³-hybridized carbons (Fsp3) is 0.750. The van der Waals surface area contributed by atoms with Gasteiger partial charge in [-0.25, -0.2) is 4.79 Å². The maximum absolute atomic E-state index is 11.8. The van der Waals surface area contributed by atoms with Crippen LogP contribution in [0.15, 0.2) is 0 Å². The van der Waals surface area contributed by atoms with Crippen molar-refractivity contribution in [1.29, 1.82) is 0 Å². The topological polar surface area (TPSA) is 113 Å². The molecule has 19 heavy (non-hydrogen) atoms. The van der Waals surface area contributed by atoms with Crippen LogP contribution in [0, 0.1) is 11.8 Å². The van der Waals surface area contributed by atoms with Crippen LogP contribution >= 0.6 is 0 Å². The summed E-state index contributed by atoms with van der Waals surface area (Å²) in [4.78, 5) is 34.7. The first-order valence-corrected chi connectivity index (χ1v) is 6.43. The van der Waals surface area contributed by atoms with Gasteiger partial charge in [0.1, 0.15) is 0 Å². The normalized spacial score (nSPS) is 20.7. The molecule has 108 valence electrons. The second kappa shape index (κ2) is 6.96. The summed E-state index contributed by atoms with van der Waals surface area (Å²) in [5.74, 6) is -1.18. The summed E-state index contributed by atoms with van der Waals surface area (Å²) in [5, 5.41) is 11.2. The van der Waals surface area contributed by atoms with Crippen molar-refractivity contribution in [2.24, 2.45) is 17.6 Å². The second-order valence-electron chi connectivity index (χ2n) is 5.05. The molecular formula is C12H21N3O4. The summed E-state index contributed by atoms with van der Waals surface area (Å²) in [6, 6.07) is -0.314. The molecule has 1 aliphatic heterocycles. The van der Waals surface area contributed by atoms with Gasteiger partial charge in [0.15, 0.2) is 0 Å². The summed E-state index contributed by atoms with van der Waals surface area (Å²) in [6.07, 6.45) is 1.88. The largest absolute Gasteiger partial charge is 0.481 e. The Hall–Kier alpha value is -1.79. The van der Waals surface area contributed by atoms with Crippen molar-refractivity contribution >= 4 is 17.9 Å². The van der Waals surface area contributed by atoms with Gasteiger partial charge in [-0.05, 0) is 24.7 Å². The predicted molar refractivity (Wildman–Crippen MR) is 68.3 cm³/mol. The number of likely N-dealkylation sites (tertiary alicyclic amines) is 1. The number of carboxylic acid groups (broad SMARTS) is 1. The zero-order chi connectivity index (χ0) is 14.4. The fourth-order valence-electron chi connectivity index (χ4n) is 2.38. The highest BCUT2D eigenvalue weighted by atomic mass is 16.4. The van der Waals surface area contributed by atoms with Gasteiger partial charge in [-0.2, -0.15) is 0 Å². The standard InChI is InChI=1S/C12H21N3O4/c1-8(5-11(17)18)9-3-2-4-15(7-9)12(19)14-6-10(13)16/h8-9H,2-7H2,1H3,(H2,13,16)(H,14,19)(H,17,18). The summed E-state index contributed by atoms with van der Waals surface area (Å²) >= 11 is 0. The molecule has 3 amide bonds. The van der Waals surface area contributed by atoms with E-state index in [1.165, 1.54) is 0 Å². The highest BCUT2D eigenvalue weighted by molar-refractivity contribution is 5.82. The number of carboxylic acids is 1. The number of nitrogens with one attached hydrogen (secondary N) is 1. The van der Waals surface area contributed by atoms with E-state index in [1.54, 1.807) is 4.90 Å². The van der Waals surface area contributed by atoms with E-state index in [9.17, 15) is 14.4 Å². The Morgan fingerprint density at radius 1 is 1.47 bits per heavy atom. The van der Waals surface area contributed by atoms with Gasteiger partial charge in [0.25, 0.3) is 0 Å². The number of aliphatic carboxylic acids is 1. The third-order valence-corrected chi connectivity index (χ3v) is 3.46. The van der Waals surface area contributed by atoms with Gasteiger partial charge < -0.3 is 21.1 Å². The van der Waals surface area contributed by atoms with Crippen molar-refractivity contribution in [2.45, 2.75) is 26.2 Å². The van der Waals surface area contributed by atoms with Gasteiger partial charge in [-0.1, -0.05) is 6.92 Å². The SMILES string of the molecule is CC(CC(=O)O)C1CCCN(C(=O)NCC(N)=O)C1. The molecule has 0 bridgehead atoms. The molecule has 1 aliphatic rings. The Balaban J connectivity index is 2.47. The van der Waals surface area contributed by atoms with Crippen molar-refractivity contribution < 1.29 is 19.5 Å². The molecule has 4 N–H and O–H groups in total. The van der Waals surface area contributed by atoms with E-state index in [-0.39, 0.29) is 30.8 Å². The molecule has 0 saturated carbocycles.